The van der Waals surface area contributed by atoms with Crippen LogP contribution in [-0.2, 0) is 9.53 Å². The maximum absolute atomic E-state index is 12.2. The Labute approximate surface area is 118 Å². The number of nitrogens with one attached hydrogen (secondary N) is 1. The van der Waals surface area contributed by atoms with Gasteiger partial charge in [-0.3, -0.25) is 9.69 Å². The highest BCUT2D eigenvalue weighted by atomic mass is 35.5. The van der Waals surface area contributed by atoms with Crippen LogP contribution in [0.1, 0.15) is 12.5 Å². The van der Waals surface area contributed by atoms with E-state index in [2.05, 4.69) is 10.2 Å². The fourth-order valence-electron chi connectivity index (χ4n) is 2.11. The number of nitrogens with zero attached hydrogens (tertiary/aromatic N) is 1. The van der Waals surface area contributed by atoms with Gasteiger partial charge in [0.1, 0.15) is 0 Å². The van der Waals surface area contributed by atoms with Gasteiger partial charge < -0.3 is 10.1 Å². The van der Waals surface area contributed by atoms with Gasteiger partial charge in [0.2, 0.25) is 5.91 Å². The van der Waals surface area contributed by atoms with Crippen LogP contribution < -0.4 is 5.32 Å². The molecule has 1 atom stereocenters. The van der Waals surface area contributed by atoms with E-state index in [1.807, 2.05) is 32.0 Å². The number of hydrogen-bond acceptors (Lipinski definition) is 3. The molecule has 1 N–H and O–H groups in total. The van der Waals surface area contributed by atoms with Gasteiger partial charge >= 0.3 is 0 Å². The molecule has 1 aromatic rings. The molecule has 0 radical (unpaired) electrons. The van der Waals surface area contributed by atoms with E-state index in [1.54, 1.807) is 0 Å². The first-order valence-corrected chi connectivity index (χ1v) is 6.85. The summed E-state index contributed by atoms with van der Waals surface area (Å²) in [7, 11) is 0. The quantitative estimate of drug-likeness (QED) is 0.925. The summed E-state index contributed by atoms with van der Waals surface area (Å²) in [6.45, 7) is 6.78. The zero-order chi connectivity index (χ0) is 13.8. The minimum Gasteiger partial charge on any atom is -0.379 e. The van der Waals surface area contributed by atoms with E-state index in [0.29, 0.717) is 18.2 Å². The second kappa shape index (κ2) is 6.37. The molecule has 1 aromatic carbocycles. The first kappa shape index (κ1) is 14.3. The Kier molecular flexibility index (Phi) is 4.80. The van der Waals surface area contributed by atoms with Gasteiger partial charge in [0, 0.05) is 23.8 Å². The van der Waals surface area contributed by atoms with Crippen LogP contribution in [0.3, 0.4) is 0 Å². The summed E-state index contributed by atoms with van der Waals surface area (Å²) in [6, 6.07) is 5.36. The SMILES string of the molecule is Cc1c(Cl)cccc1NC(=O)[C@@H](C)N1CCOCC1. The van der Waals surface area contributed by atoms with Gasteiger partial charge in [-0.05, 0) is 31.5 Å². The molecule has 0 bridgehead atoms. The largest absolute Gasteiger partial charge is 0.379 e. The van der Waals surface area contributed by atoms with E-state index < -0.39 is 0 Å². The topological polar surface area (TPSA) is 41.6 Å². The molecule has 0 aromatic heterocycles. The Morgan fingerprint density at radius 3 is 2.79 bits per heavy atom. The van der Waals surface area contributed by atoms with Crippen molar-refractivity contribution in [2.24, 2.45) is 0 Å². The van der Waals surface area contributed by atoms with Gasteiger partial charge in [0.05, 0.1) is 19.3 Å². The lowest BCUT2D eigenvalue weighted by atomic mass is 10.2. The van der Waals surface area contributed by atoms with Gasteiger partial charge in [0.15, 0.2) is 0 Å². The number of anilines is 1. The molecule has 0 aliphatic carbocycles. The van der Waals surface area contributed by atoms with Crippen molar-refractivity contribution in [2.45, 2.75) is 19.9 Å². The lowest BCUT2D eigenvalue weighted by Gasteiger charge is -2.31. The highest BCUT2D eigenvalue weighted by Crippen LogP contribution is 2.23. The Bertz CT molecular complexity index is 459. The highest BCUT2D eigenvalue weighted by Gasteiger charge is 2.23. The first-order chi connectivity index (χ1) is 9.09. The molecule has 1 amide bonds. The molecule has 19 heavy (non-hydrogen) atoms. The van der Waals surface area contributed by atoms with Crippen molar-refractivity contribution >= 4 is 23.2 Å². The molecule has 0 unspecified atom stereocenters. The molecule has 1 saturated heterocycles. The third-order valence-electron chi connectivity index (χ3n) is 3.50. The molecule has 1 heterocycles. The van der Waals surface area contributed by atoms with Crippen LogP contribution in [0, 0.1) is 6.92 Å². The molecule has 4 nitrogen and oxygen atoms in total. The summed E-state index contributed by atoms with van der Waals surface area (Å²) in [4.78, 5) is 14.4. The third-order valence-corrected chi connectivity index (χ3v) is 3.91. The summed E-state index contributed by atoms with van der Waals surface area (Å²) in [6.07, 6.45) is 0. The Balaban J connectivity index is 2.01. The van der Waals surface area contributed by atoms with Gasteiger partial charge in [0.25, 0.3) is 0 Å². The van der Waals surface area contributed by atoms with Crippen LogP contribution >= 0.6 is 11.6 Å². The first-order valence-electron chi connectivity index (χ1n) is 6.47. The van der Waals surface area contributed by atoms with Gasteiger partial charge in [-0.1, -0.05) is 17.7 Å². The molecular formula is C14H19ClN2O2. The summed E-state index contributed by atoms with van der Waals surface area (Å²) >= 11 is 6.05. The molecule has 5 heteroatoms. The average Bonchev–Trinajstić information content (AvgIpc) is 2.44. The monoisotopic (exact) mass is 282 g/mol. The van der Waals surface area contributed by atoms with Crippen LogP contribution in [0.4, 0.5) is 5.69 Å². The Hall–Kier alpha value is -1.10. The Morgan fingerprint density at radius 1 is 1.42 bits per heavy atom. The summed E-state index contributed by atoms with van der Waals surface area (Å²) < 4.78 is 5.29. The van der Waals surface area contributed by atoms with Crippen molar-refractivity contribution in [3.05, 3.63) is 28.8 Å². The number of ether oxygens (including phenoxy) is 1. The fourth-order valence-corrected chi connectivity index (χ4v) is 2.29. The minimum absolute atomic E-state index is 0.00716. The van der Waals surface area contributed by atoms with Crippen molar-refractivity contribution in [3.63, 3.8) is 0 Å². The normalized spacial score (nSPS) is 18.1. The molecule has 0 spiro atoms. The smallest absolute Gasteiger partial charge is 0.241 e. The molecule has 1 fully saturated rings. The lowest BCUT2D eigenvalue weighted by molar-refractivity contribution is -0.122. The van der Waals surface area contributed by atoms with E-state index in [9.17, 15) is 4.79 Å². The second-order valence-corrected chi connectivity index (χ2v) is 5.13. The van der Waals surface area contributed by atoms with Crippen LogP contribution in [0.5, 0.6) is 0 Å². The number of morpholine rings is 1. The van der Waals surface area contributed by atoms with Crippen molar-refractivity contribution < 1.29 is 9.53 Å². The van der Waals surface area contributed by atoms with E-state index in [4.69, 9.17) is 16.3 Å². The number of halogens is 1. The minimum atomic E-state index is -0.165. The van der Waals surface area contributed by atoms with E-state index in [-0.39, 0.29) is 11.9 Å². The molecular weight excluding hydrogens is 264 g/mol. The number of carbonyl (C=O) groups excluding carboxylic acids is 1. The number of rotatable bonds is 3. The third kappa shape index (κ3) is 3.47. The molecule has 104 valence electrons. The number of carbonyl (C=O) groups is 1. The molecule has 2 rings (SSSR count). The van der Waals surface area contributed by atoms with Gasteiger partial charge in [-0.25, -0.2) is 0 Å². The zero-order valence-electron chi connectivity index (χ0n) is 11.3. The number of hydrogen-bond donors (Lipinski definition) is 1. The van der Waals surface area contributed by atoms with Gasteiger partial charge in [-0.2, -0.15) is 0 Å². The van der Waals surface area contributed by atoms with Crippen molar-refractivity contribution in [2.75, 3.05) is 31.6 Å². The van der Waals surface area contributed by atoms with E-state index >= 15 is 0 Å². The fraction of sp³-hybridized carbons (Fsp3) is 0.500. The van der Waals surface area contributed by atoms with E-state index in [1.165, 1.54) is 0 Å². The zero-order valence-corrected chi connectivity index (χ0v) is 12.0. The van der Waals surface area contributed by atoms with Crippen molar-refractivity contribution in [1.29, 1.82) is 0 Å². The summed E-state index contributed by atoms with van der Waals surface area (Å²) in [5, 5.41) is 3.61. The van der Waals surface area contributed by atoms with E-state index in [0.717, 1.165) is 24.3 Å². The van der Waals surface area contributed by atoms with Gasteiger partial charge in [-0.15, -0.1) is 0 Å². The number of amides is 1. The predicted octanol–water partition coefficient (Wildman–Crippen LogP) is 2.31. The molecule has 0 saturated carbocycles. The highest BCUT2D eigenvalue weighted by molar-refractivity contribution is 6.31. The molecule has 1 aliphatic heterocycles. The second-order valence-electron chi connectivity index (χ2n) is 4.73. The van der Waals surface area contributed by atoms with Crippen LogP contribution in [0.25, 0.3) is 0 Å². The summed E-state index contributed by atoms with van der Waals surface area (Å²) in [5.41, 5.74) is 1.67. The van der Waals surface area contributed by atoms with Crippen molar-refractivity contribution in [3.8, 4) is 0 Å². The average molecular weight is 283 g/mol. The maximum Gasteiger partial charge on any atom is 0.241 e. The number of benzene rings is 1. The van der Waals surface area contributed by atoms with Crippen molar-refractivity contribution in [1.82, 2.24) is 4.90 Å². The standard InChI is InChI=1S/C14H19ClN2O2/c1-10-12(15)4-3-5-13(10)16-14(18)11(2)17-6-8-19-9-7-17/h3-5,11H,6-9H2,1-2H3,(H,16,18)/t11-/m1/s1. The van der Waals surface area contributed by atoms with Crippen LogP contribution in [-0.4, -0.2) is 43.2 Å². The predicted molar refractivity (Wildman–Crippen MR) is 76.7 cm³/mol. The summed E-state index contributed by atoms with van der Waals surface area (Å²) in [5.74, 6) is -0.00716. The van der Waals surface area contributed by atoms with Crippen LogP contribution in [0.2, 0.25) is 5.02 Å². The lowest BCUT2D eigenvalue weighted by Crippen LogP contribution is -2.47. The molecule has 1 aliphatic rings. The Morgan fingerprint density at radius 2 is 2.11 bits per heavy atom. The maximum atomic E-state index is 12.2. The van der Waals surface area contributed by atoms with Crippen LogP contribution in [0.15, 0.2) is 18.2 Å².